The fraction of sp³-hybridized carbons (Fsp3) is 0.278. The van der Waals surface area contributed by atoms with Gasteiger partial charge < -0.3 is 9.42 Å². The first-order valence-electron chi connectivity index (χ1n) is 7.74. The van der Waals surface area contributed by atoms with Crippen molar-refractivity contribution in [3.8, 4) is 11.4 Å². The van der Waals surface area contributed by atoms with Gasteiger partial charge in [0.05, 0.1) is 0 Å². The van der Waals surface area contributed by atoms with E-state index >= 15 is 0 Å². The summed E-state index contributed by atoms with van der Waals surface area (Å²) in [5.41, 5.74) is 4.16. The summed E-state index contributed by atoms with van der Waals surface area (Å²) in [5.74, 6) is 1.08. The van der Waals surface area contributed by atoms with Crippen LogP contribution < -0.4 is 4.90 Å². The highest BCUT2D eigenvalue weighted by atomic mass is 32.1. The first kappa shape index (κ1) is 16.4. The topological polar surface area (TPSA) is 59.2 Å². The Bertz CT molecular complexity index is 840. The molecule has 0 bridgehead atoms. The molecule has 24 heavy (non-hydrogen) atoms. The van der Waals surface area contributed by atoms with Crippen molar-refractivity contribution in [2.45, 2.75) is 26.7 Å². The number of nitrogens with zero attached hydrogens (tertiary/aromatic N) is 3. The van der Waals surface area contributed by atoms with E-state index in [-0.39, 0.29) is 5.91 Å². The Labute approximate surface area is 144 Å². The van der Waals surface area contributed by atoms with Gasteiger partial charge >= 0.3 is 0 Å². The van der Waals surface area contributed by atoms with E-state index in [0.717, 1.165) is 16.8 Å². The predicted molar refractivity (Wildman–Crippen MR) is 95.3 cm³/mol. The quantitative estimate of drug-likeness (QED) is 0.703. The zero-order valence-corrected chi connectivity index (χ0v) is 14.8. The van der Waals surface area contributed by atoms with Gasteiger partial charge in [-0.1, -0.05) is 17.3 Å². The zero-order valence-electron chi connectivity index (χ0n) is 13.9. The van der Waals surface area contributed by atoms with E-state index in [1.807, 2.05) is 48.9 Å². The van der Waals surface area contributed by atoms with E-state index in [0.29, 0.717) is 24.6 Å². The molecule has 2 heterocycles. The monoisotopic (exact) mass is 341 g/mol. The van der Waals surface area contributed by atoms with E-state index in [2.05, 4.69) is 10.1 Å². The maximum absolute atomic E-state index is 12.5. The molecule has 0 saturated heterocycles. The Morgan fingerprint density at radius 3 is 2.88 bits per heavy atom. The average Bonchev–Trinajstić information content (AvgIpc) is 3.25. The number of aryl methyl sites for hydroxylation is 2. The maximum Gasteiger partial charge on any atom is 0.227 e. The summed E-state index contributed by atoms with van der Waals surface area (Å²) in [7, 11) is 1.80. The Morgan fingerprint density at radius 2 is 2.12 bits per heavy atom. The van der Waals surface area contributed by atoms with E-state index in [9.17, 15) is 4.79 Å². The van der Waals surface area contributed by atoms with Crippen molar-refractivity contribution in [1.29, 1.82) is 0 Å². The van der Waals surface area contributed by atoms with E-state index in [4.69, 9.17) is 4.52 Å². The molecule has 0 aliphatic heterocycles. The van der Waals surface area contributed by atoms with Gasteiger partial charge in [-0.3, -0.25) is 4.79 Å². The number of thiophene rings is 1. The van der Waals surface area contributed by atoms with Crippen LogP contribution in [-0.2, 0) is 11.2 Å². The third-order valence-corrected chi connectivity index (χ3v) is 4.79. The lowest BCUT2D eigenvalue weighted by Crippen LogP contribution is -2.27. The van der Waals surface area contributed by atoms with E-state index < -0.39 is 0 Å². The molecule has 0 spiro atoms. The van der Waals surface area contributed by atoms with Gasteiger partial charge in [0.1, 0.15) is 0 Å². The van der Waals surface area contributed by atoms with Gasteiger partial charge in [-0.05, 0) is 42.5 Å². The molecular weight excluding hydrogens is 322 g/mol. The van der Waals surface area contributed by atoms with Crippen molar-refractivity contribution in [3.05, 3.63) is 52.0 Å². The summed E-state index contributed by atoms with van der Waals surface area (Å²) in [5, 5.41) is 7.89. The van der Waals surface area contributed by atoms with Gasteiger partial charge in [0.2, 0.25) is 17.6 Å². The Balaban J connectivity index is 1.64. The van der Waals surface area contributed by atoms with Crippen molar-refractivity contribution in [2.24, 2.45) is 0 Å². The summed E-state index contributed by atoms with van der Waals surface area (Å²) in [6, 6.07) is 7.91. The van der Waals surface area contributed by atoms with Crippen LogP contribution in [-0.4, -0.2) is 23.1 Å². The van der Waals surface area contributed by atoms with Crippen LogP contribution >= 0.6 is 11.3 Å². The van der Waals surface area contributed by atoms with Crippen LogP contribution in [0.2, 0.25) is 0 Å². The number of rotatable bonds is 5. The molecule has 5 nitrogen and oxygen atoms in total. The summed E-state index contributed by atoms with van der Waals surface area (Å²) in [4.78, 5) is 18.5. The molecule has 124 valence electrons. The normalized spacial score (nSPS) is 10.8. The molecular formula is C18H19N3O2S. The lowest BCUT2D eigenvalue weighted by atomic mass is 10.1. The molecule has 0 aliphatic carbocycles. The van der Waals surface area contributed by atoms with Gasteiger partial charge in [-0.2, -0.15) is 16.3 Å². The minimum absolute atomic E-state index is 0.0268. The van der Waals surface area contributed by atoms with E-state index in [1.165, 1.54) is 5.56 Å². The second-order valence-electron chi connectivity index (χ2n) is 5.70. The number of amides is 1. The van der Waals surface area contributed by atoms with Crippen LogP contribution in [0.1, 0.15) is 23.4 Å². The average molecular weight is 341 g/mol. The van der Waals surface area contributed by atoms with Crippen molar-refractivity contribution >= 4 is 22.9 Å². The molecule has 0 aliphatic rings. The second-order valence-corrected chi connectivity index (χ2v) is 6.48. The number of benzene rings is 1. The highest BCUT2D eigenvalue weighted by Gasteiger charge is 2.16. The summed E-state index contributed by atoms with van der Waals surface area (Å²) in [6.45, 7) is 4.07. The number of hydrogen-bond acceptors (Lipinski definition) is 5. The van der Waals surface area contributed by atoms with Crippen LogP contribution in [0.3, 0.4) is 0 Å². The molecule has 0 atom stereocenters. The van der Waals surface area contributed by atoms with Gasteiger partial charge in [-0.15, -0.1) is 0 Å². The fourth-order valence-corrected chi connectivity index (χ4v) is 3.11. The molecule has 2 aromatic heterocycles. The molecule has 0 saturated carbocycles. The van der Waals surface area contributed by atoms with Crippen LogP contribution in [0, 0.1) is 13.8 Å². The Hall–Kier alpha value is -2.47. The maximum atomic E-state index is 12.5. The summed E-state index contributed by atoms with van der Waals surface area (Å²) < 4.78 is 5.24. The van der Waals surface area contributed by atoms with Crippen LogP contribution in [0.5, 0.6) is 0 Å². The third kappa shape index (κ3) is 3.38. The zero-order chi connectivity index (χ0) is 17.1. The molecule has 0 N–H and O–H groups in total. The second kappa shape index (κ2) is 6.97. The SMILES string of the molecule is Cc1cccc(N(C)C(=O)CCc2nc(-c3ccsc3)no2)c1C. The largest absolute Gasteiger partial charge is 0.339 e. The lowest BCUT2D eigenvalue weighted by Gasteiger charge is -2.20. The molecule has 0 radical (unpaired) electrons. The molecule has 6 heteroatoms. The molecule has 0 unspecified atom stereocenters. The number of carbonyl (C=O) groups is 1. The third-order valence-electron chi connectivity index (χ3n) is 4.11. The molecule has 3 rings (SSSR count). The van der Waals surface area contributed by atoms with Crippen molar-refractivity contribution in [3.63, 3.8) is 0 Å². The van der Waals surface area contributed by atoms with E-state index in [1.54, 1.807) is 23.3 Å². The van der Waals surface area contributed by atoms with Gasteiger partial charge in [0.25, 0.3) is 0 Å². The summed E-state index contributed by atoms with van der Waals surface area (Å²) in [6.07, 6.45) is 0.764. The highest BCUT2D eigenvalue weighted by molar-refractivity contribution is 7.08. The van der Waals surface area contributed by atoms with Crippen LogP contribution in [0.15, 0.2) is 39.5 Å². The van der Waals surface area contributed by atoms with Gasteiger partial charge in [0.15, 0.2) is 0 Å². The van der Waals surface area contributed by atoms with Gasteiger partial charge in [-0.25, -0.2) is 0 Å². The number of aromatic nitrogens is 2. The first-order valence-corrected chi connectivity index (χ1v) is 8.68. The summed E-state index contributed by atoms with van der Waals surface area (Å²) >= 11 is 1.58. The smallest absolute Gasteiger partial charge is 0.227 e. The van der Waals surface area contributed by atoms with Crippen molar-refractivity contribution < 1.29 is 9.32 Å². The predicted octanol–water partition coefficient (Wildman–Crippen LogP) is 4.01. The number of carbonyl (C=O) groups excluding carboxylic acids is 1. The first-order chi connectivity index (χ1) is 11.6. The molecule has 1 amide bonds. The van der Waals surface area contributed by atoms with Crippen molar-refractivity contribution in [2.75, 3.05) is 11.9 Å². The molecule has 3 aromatic rings. The Morgan fingerprint density at radius 1 is 1.29 bits per heavy atom. The minimum Gasteiger partial charge on any atom is -0.339 e. The van der Waals surface area contributed by atoms with Crippen molar-refractivity contribution in [1.82, 2.24) is 10.1 Å². The fourth-order valence-electron chi connectivity index (χ4n) is 2.48. The van der Waals surface area contributed by atoms with Gasteiger partial charge in [0, 0.05) is 36.5 Å². The number of hydrogen-bond donors (Lipinski definition) is 0. The van der Waals surface area contributed by atoms with Crippen LogP contribution in [0.4, 0.5) is 5.69 Å². The minimum atomic E-state index is 0.0268. The molecule has 1 aromatic carbocycles. The highest BCUT2D eigenvalue weighted by Crippen LogP contribution is 2.23. The molecule has 0 fully saturated rings. The standard InChI is InChI=1S/C18H19N3O2S/c1-12-5-4-6-15(13(12)2)21(3)17(22)8-7-16-19-18(20-23-16)14-9-10-24-11-14/h4-6,9-11H,7-8H2,1-3H3. The number of anilines is 1. The Kier molecular flexibility index (Phi) is 4.76. The van der Waals surface area contributed by atoms with Crippen LogP contribution in [0.25, 0.3) is 11.4 Å². The lowest BCUT2D eigenvalue weighted by molar-refractivity contribution is -0.118.